The second-order valence-corrected chi connectivity index (χ2v) is 10.8. The van der Waals surface area contributed by atoms with Gasteiger partial charge in [0.15, 0.2) is 10.7 Å². The lowest BCUT2D eigenvalue weighted by atomic mass is 9.98. The van der Waals surface area contributed by atoms with Crippen LogP contribution in [0, 0.1) is 33.6 Å². The zero-order chi connectivity index (χ0) is 23.6. The number of aromatic nitrogens is 1. The van der Waals surface area contributed by atoms with Crippen LogP contribution in [-0.2, 0) is 14.8 Å². The van der Waals surface area contributed by atoms with E-state index in [-0.39, 0.29) is 35.1 Å². The standard InChI is InChI=1S/C24H33N3O4S/c1-15(2)25-24(28)20-8-7-11-27(14-20)32(29,30)23-19(6)26-31-22(23)10-9-21-17(4)12-16(3)13-18(21)5/h9-10,12-13,15,20H,7-8,11,14H2,1-6H3,(H,25,28). The monoisotopic (exact) mass is 459 g/mol. The van der Waals surface area contributed by atoms with Gasteiger partial charge in [-0.15, -0.1) is 0 Å². The summed E-state index contributed by atoms with van der Waals surface area (Å²) in [6.45, 7) is 12.0. The van der Waals surface area contributed by atoms with Gasteiger partial charge in [-0.05, 0) is 77.2 Å². The van der Waals surface area contributed by atoms with E-state index in [9.17, 15) is 13.2 Å². The van der Waals surface area contributed by atoms with Gasteiger partial charge in [-0.1, -0.05) is 28.9 Å². The molecule has 1 aliphatic heterocycles. The number of nitrogens with one attached hydrogen (secondary N) is 1. The molecule has 1 fully saturated rings. The zero-order valence-corrected chi connectivity index (χ0v) is 20.5. The van der Waals surface area contributed by atoms with Gasteiger partial charge >= 0.3 is 0 Å². The topological polar surface area (TPSA) is 92.5 Å². The number of sulfonamides is 1. The maximum atomic E-state index is 13.5. The zero-order valence-electron chi connectivity index (χ0n) is 19.7. The molecule has 0 aliphatic carbocycles. The van der Waals surface area contributed by atoms with Gasteiger partial charge in [0.1, 0.15) is 5.69 Å². The van der Waals surface area contributed by atoms with Crippen LogP contribution >= 0.6 is 0 Å². The number of benzene rings is 1. The Morgan fingerprint density at radius 1 is 1.19 bits per heavy atom. The van der Waals surface area contributed by atoms with Crippen LogP contribution < -0.4 is 5.32 Å². The van der Waals surface area contributed by atoms with Crippen molar-refractivity contribution in [1.29, 1.82) is 0 Å². The highest BCUT2D eigenvalue weighted by molar-refractivity contribution is 7.89. The Morgan fingerprint density at radius 3 is 2.47 bits per heavy atom. The van der Waals surface area contributed by atoms with Gasteiger partial charge in [0.05, 0.1) is 5.92 Å². The molecule has 32 heavy (non-hydrogen) atoms. The van der Waals surface area contributed by atoms with E-state index in [0.717, 1.165) is 16.7 Å². The predicted molar refractivity (Wildman–Crippen MR) is 126 cm³/mol. The van der Waals surface area contributed by atoms with Crippen molar-refractivity contribution in [3.05, 3.63) is 45.8 Å². The van der Waals surface area contributed by atoms with E-state index in [0.29, 0.717) is 25.1 Å². The molecule has 1 unspecified atom stereocenters. The van der Waals surface area contributed by atoms with Crippen molar-refractivity contribution in [2.24, 2.45) is 5.92 Å². The van der Waals surface area contributed by atoms with Gasteiger partial charge in [0.2, 0.25) is 15.9 Å². The minimum absolute atomic E-state index is 0.0141. The van der Waals surface area contributed by atoms with E-state index in [1.165, 1.54) is 9.87 Å². The lowest BCUT2D eigenvalue weighted by Crippen LogP contribution is -2.46. The minimum Gasteiger partial charge on any atom is -0.355 e. The van der Waals surface area contributed by atoms with E-state index in [4.69, 9.17) is 4.52 Å². The van der Waals surface area contributed by atoms with E-state index in [2.05, 4.69) is 22.6 Å². The van der Waals surface area contributed by atoms with Crippen LogP contribution in [0.2, 0.25) is 0 Å². The Balaban J connectivity index is 1.90. The molecule has 0 saturated carbocycles. The molecular weight excluding hydrogens is 426 g/mol. The van der Waals surface area contributed by atoms with Crippen LogP contribution in [0.25, 0.3) is 12.2 Å². The Bertz CT molecular complexity index is 1110. The van der Waals surface area contributed by atoms with Crippen LogP contribution in [-0.4, -0.2) is 42.9 Å². The van der Waals surface area contributed by atoms with Crippen molar-refractivity contribution in [2.75, 3.05) is 13.1 Å². The fourth-order valence-corrected chi connectivity index (χ4v) is 6.09. The molecule has 174 valence electrons. The Labute approximate surface area is 190 Å². The maximum absolute atomic E-state index is 13.5. The Hall–Kier alpha value is -2.45. The first-order chi connectivity index (χ1) is 15.0. The number of rotatable bonds is 6. The molecular formula is C24H33N3O4S. The fourth-order valence-electron chi connectivity index (χ4n) is 4.32. The molecule has 1 atom stereocenters. The lowest BCUT2D eigenvalue weighted by molar-refractivity contribution is -0.126. The summed E-state index contributed by atoms with van der Waals surface area (Å²) in [5.74, 6) is -0.263. The number of hydrogen-bond acceptors (Lipinski definition) is 5. The van der Waals surface area contributed by atoms with E-state index < -0.39 is 10.0 Å². The Kier molecular flexibility index (Phi) is 7.25. The largest absolute Gasteiger partial charge is 0.355 e. The van der Waals surface area contributed by atoms with Crippen LogP contribution in [0.15, 0.2) is 21.6 Å². The predicted octanol–water partition coefficient (Wildman–Crippen LogP) is 4.00. The molecule has 7 nitrogen and oxygen atoms in total. The lowest BCUT2D eigenvalue weighted by Gasteiger charge is -2.31. The average Bonchev–Trinajstić information content (AvgIpc) is 3.08. The van der Waals surface area contributed by atoms with Crippen LogP contribution in [0.3, 0.4) is 0 Å². The van der Waals surface area contributed by atoms with Crippen molar-refractivity contribution in [3.8, 4) is 0 Å². The minimum atomic E-state index is -3.86. The second kappa shape index (κ2) is 9.58. The van der Waals surface area contributed by atoms with Gasteiger partial charge in [-0.2, -0.15) is 4.31 Å². The third-order valence-corrected chi connectivity index (χ3v) is 7.78. The highest BCUT2D eigenvalue weighted by Gasteiger charge is 2.37. The number of amides is 1. The number of aryl methyl sites for hydroxylation is 4. The molecule has 1 amide bonds. The molecule has 8 heteroatoms. The van der Waals surface area contributed by atoms with Crippen molar-refractivity contribution >= 4 is 28.1 Å². The summed E-state index contributed by atoms with van der Waals surface area (Å²) in [6.07, 6.45) is 4.85. The molecule has 1 aromatic heterocycles. The van der Waals surface area contributed by atoms with Gasteiger partial charge in [0.25, 0.3) is 0 Å². The number of carbonyl (C=O) groups excluding carboxylic acids is 1. The number of piperidine rings is 1. The smallest absolute Gasteiger partial charge is 0.248 e. The Morgan fingerprint density at radius 2 is 1.84 bits per heavy atom. The van der Waals surface area contributed by atoms with Crippen LogP contribution in [0.4, 0.5) is 0 Å². The van der Waals surface area contributed by atoms with Gasteiger partial charge in [-0.3, -0.25) is 4.79 Å². The number of nitrogens with zero attached hydrogens (tertiary/aromatic N) is 2. The maximum Gasteiger partial charge on any atom is 0.248 e. The van der Waals surface area contributed by atoms with Crippen LogP contribution in [0.5, 0.6) is 0 Å². The van der Waals surface area contributed by atoms with Crippen molar-refractivity contribution in [1.82, 2.24) is 14.8 Å². The van der Waals surface area contributed by atoms with Gasteiger partial charge in [0, 0.05) is 19.1 Å². The highest BCUT2D eigenvalue weighted by atomic mass is 32.2. The average molecular weight is 460 g/mol. The second-order valence-electron chi connectivity index (χ2n) is 8.97. The summed E-state index contributed by atoms with van der Waals surface area (Å²) in [7, 11) is -3.86. The molecule has 0 radical (unpaired) electrons. The molecule has 0 bridgehead atoms. The van der Waals surface area contributed by atoms with Crippen molar-refractivity contribution < 1.29 is 17.7 Å². The summed E-state index contributed by atoms with van der Waals surface area (Å²) >= 11 is 0. The summed E-state index contributed by atoms with van der Waals surface area (Å²) < 4.78 is 33.9. The third kappa shape index (κ3) is 5.13. The third-order valence-electron chi connectivity index (χ3n) is 5.76. The quantitative estimate of drug-likeness (QED) is 0.705. The molecule has 3 rings (SSSR count). The molecule has 1 aromatic carbocycles. The normalized spacial score (nSPS) is 17.9. The molecule has 0 spiro atoms. The van der Waals surface area contributed by atoms with Crippen molar-refractivity contribution in [2.45, 2.75) is 65.3 Å². The van der Waals surface area contributed by atoms with Gasteiger partial charge in [-0.25, -0.2) is 8.42 Å². The molecule has 2 aromatic rings. The summed E-state index contributed by atoms with van der Waals surface area (Å²) in [6, 6.07) is 4.19. The van der Waals surface area contributed by atoms with Crippen LogP contribution in [0.1, 0.15) is 60.4 Å². The molecule has 1 N–H and O–H groups in total. The number of carbonyl (C=O) groups is 1. The fraction of sp³-hybridized carbons (Fsp3) is 0.500. The summed E-state index contributed by atoms with van der Waals surface area (Å²) in [5, 5.41) is 6.82. The molecule has 2 heterocycles. The summed E-state index contributed by atoms with van der Waals surface area (Å²) in [4.78, 5) is 12.5. The SMILES string of the molecule is Cc1cc(C)c(C=Cc2onc(C)c2S(=O)(=O)N2CCCC(C(=O)NC(C)C)C2)c(C)c1. The van der Waals surface area contributed by atoms with Gasteiger partial charge < -0.3 is 9.84 Å². The van der Waals surface area contributed by atoms with E-state index in [1.807, 2.05) is 40.7 Å². The number of hydrogen-bond donors (Lipinski definition) is 1. The van der Waals surface area contributed by atoms with Crippen molar-refractivity contribution in [3.63, 3.8) is 0 Å². The van der Waals surface area contributed by atoms with E-state index >= 15 is 0 Å². The first-order valence-corrected chi connectivity index (χ1v) is 12.5. The first-order valence-electron chi connectivity index (χ1n) is 11.0. The molecule has 1 saturated heterocycles. The van der Waals surface area contributed by atoms with E-state index in [1.54, 1.807) is 13.0 Å². The highest BCUT2D eigenvalue weighted by Crippen LogP contribution is 2.30. The first kappa shape index (κ1) is 24.2. The molecule has 1 aliphatic rings. The summed E-state index contributed by atoms with van der Waals surface area (Å²) in [5.41, 5.74) is 4.73.